The fraction of sp³-hybridized carbons (Fsp3) is 0.400. The number of ether oxygens (including phenoxy) is 2. The van der Waals surface area contributed by atoms with Crippen molar-refractivity contribution in [1.82, 2.24) is 0 Å². The van der Waals surface area contributed by atoms with Gasteiger partial charge in [0.15, 0.2) is 6.79 Å². The van der Waals surface area contributed by atoms with Crippen molar-refractivity contribution >= 4 is 0 Å². The highest BCUT2D eigenvalue weighted by molar-refractivity contribution is 5.29. The Kier molecular flexibility index (Phi) is 3.73. The second kappa shape index (κ2) is 4.84. The molecule has 0 aliphatic carbocycles. The lowest BCUT2D eigenvalue weighted by Crippen LogP contribution is -1.99. The van der Waals surface area contributed by atoms with E-state index in [1.54, 1.807) is 20.1 Å². The topological polar surface area (TPSA) is 38.7 Å². The Morgan fingerprint density at radius 3 is 2.85 bits per heavy atom. The van der Waals surface area contributed by atoms with Crippen LogP contribution < -0.4 is 4.74 Å². The zero-order valence-electron chi connectivity index (χ0n) is 7.86. The molecule has 0 saturated carbocycles. The Morgan fingerprint density at radius 1 is 1.46 bits per heavy atom. The highest BCUT2D eigenvalue weighted by atomic mass is 16.7. The van der Waals surface area contributed by atoms with Gasteiger partial charge in [0, 0.05) is 7.11 Å². The van der Waals surface area contributed by atoms with Gasteiger partial charge in [-0.3, -0.25) is 0 Å². The summed E-state index contributed by atoms with van der Waals surface area (Å²) in [6.07, 6.45) is -0.467. The van der Waals surface area contributed by atoms with E-state index in [-0.39, 0.29) is 6.79 Å². The summed E-state index contributed by atoms with van der Waals surface area (Å²) in [5.41, 5.74) is 0.841. The van der Waals surface area contributed by atoms with Crippen molar-refractivity contribution in [3.8, 4) is 5.75 Å². The molecule has 0 amide bonds. The molecule has 1 aromatic carbocycles. The standard InChI is InChI=1S/C10H14O3/c1-8(11)9-4-3-5-10(6-9)13-7-12-2/h3-6,8,11H,7H2,1-2H3/t8-/m0/s1. The van der Waals surface area contributed by atoms with E-state index in [1.165, 1.54) is 0 Å². The van der Waals surface area contributed by atoms with Crippen LogP contribution in [0.1, 0.15) is 18.6 Å². The van der Waals surface area contributed by atoms with Crippen LogP contribution in [0.25, 0.3) is 0 Å². The third-order valence-corrected chi connectivity index (χ3v) is 1.68. The van der Waals surface area contributed by atoms with Crippen LogP contribution in [-0.2, 0) is 4.74 Å². The molecule has 1 aromatic rings. The molecule has 0 heterocycles. The van der Waals surface area contributed by atoms with Crippen molar-refractivity contribution in [1.29, 1.82) is 0 Å². The van der Waals surface area contributed by atoms with Crippen LogP contribution >= 0.6 is 0 Å². The first kappa shape index (κ1) is 10.0. The average molecular weight is 182 g/mol. The van der Waals surface area contributed by atoms with E-state index in [2.05, 4.69) is 0 Å². The van der Waals surface area contributed by atoms with Gasteiger partial charge in [0.1, 0.15) is 5.75 Å². The van der Waals surface area contributed by atoms with Gasteiger partial charge in [-0.2, -0.15) is 0 Å². The molecule has 13 heavy (non-hydrogen) atoms. The van der Waals surface area contributed by atoms with Crippen LogP contribution in [0.4, 0.5) is 0 Å². The molecule has 0 aromatic heterocycles. The molecule has 0 radical (unpaired) electrons. The fourth-order valence-electron chi connectivity index (χ4n) is 0.991. The van der Waals surface area contributed by atoms with Crippen molar-refractivity contribution in [3.05, 3.63) is 29.8 Å². The molecule has 0 aliphatic rings. The van der Waals surface area contributed by atoms with E-state index in [0.29, 0.717) is 5.75 Å². The van der Waals surface area contributed by atoms with Crippen molar-refractivity contribution in [2.24, 2.45) is 0 Å². The highest BCUT2D eigenvalue weighted by Crippen LogP contribution is 2.18. The summed E-state index contributed by atoms with van der Waals surface area (Å²) in [5, 5.41) is 9.29. The summed E-state index contributed by atoms with van der Waals surface area (Å²) in [4.78, 5) is 0. The second-order valence-electron chi connectivity index (χ2n) is 2.80. The molecule has 0 bridgehead atoms. The van der Waals surface area contributed by atoms with E-state index in [0.717, 1.165) is 5.56 Å². The molecule has 0 unspecified atom stereocenters. The molecular weight excluding hydrogens is 168 g/mol. The van der Waals surface area contributed by atoms with Crippen LogP contribution in [0.5, 0.6) is 5.75 Å². The third-order valence-electron chi connectivity index (χ3n) is 1.68. The molecule has 0 saturated heterocycles. The molecule has 1 atom stereocenters. The van der Waals surface area contributed by atoms with Crippen molar-refractivity contribution < 1.29 is 14.6 Å². The first-order chi connectivity index (χ1) is 6.24. The number of benzene rings is 1. The smallest absolute Gasteiger partial charge is 0.188 e. The monoisotopic (exact) mass is 182 g/mol. The van der Waals surface area contributed by atoms with Gasteiger partial charge in [0.2, 0.25) is 0 Å². The summed E-state index contributed by atoms with van der Waals surface area (Å²) in [5.74, 6) is 0.709. The summed E-state index contributed by atoms with van der Waals surface area (Å²) < 4.78 is 9.97. The quantitative estimate of drug-likeness (QED) is 0.720. The molecule has 0 fully saturated rings. The highest BCUT2D eigenvalue weighted by Gasteiger charge is 2.01. The Morgan fingerprint density at radius 2 is 2.23 bits per heavy atom. The lowest BCUT2D eigenvalue weighted by Gasteiger charge is -2.08. The van der Waals surface area contributed by atoms with Gasteiger partial charge in [0.25, 0.3) is 0 Å². The lowest BCUT2D eigenvalue weighted by atomic mass is 10.1. The minimum Gasteiger partial charge on any atom is -0.468 e. The van der Waals surface area contributed by atoms with E-state index >= 15 is 0 Å². The molecule has 0 spiro atoms. The number of methoxy groups -OCH3 is 1. The Balaban J connectivity index is 2.68. The van der Waals surface area contributed by atoms with Gasteiger partial charge < -0.3 is 14.6 Å². The molecule has 1 rings (SSSR count). The van der Waals surface area contributed by atoms with Crippen molar-refractivity contribution in [3.63, 3.8) is 0 Å². The SMILES string of the molecule is COCOc1cccc([C@H](C)O)c1. The van der Waals surface area contributed by atoms with Crippen LogP contribution in [0.2, 0.25) is 0 Å². The molecule has 3 nitrogen and oxygen atoms in total. The van der Waals surface area contributed by atoms with Crippen molar-refractivity contribution in [2.45, 2.75) is 13.0 Å². The molecule has 72 valence electrons. The van der Waals surface area contributed by atoms with E-state index in [1.807, 2.05) is 18.2 Å². The summed E-state index contributed by atoms with van der Waals surface area (Å²) in [6.45, 7) is 1.94. The van der Waals surface area contributed by atoms with Crippen LogP contribution in [0.3, 0.4) is 0 Å². The van der Waals surface area contributed by atoms with E-state index < -0.39 is 6.10 Å². The van der Waals surface area contributed by atoms with Crippen LogP contribution in [0.15, 0.2) is 24.3 Å². The van der Waals surface area contributed by atoms with Crippen LogP contribution in [0, 0.1) is 0 Å². The summed E-state index contributed by atoms with van der Waals surface area (Å²) >= 11 is 0. The Bertz CT molecular complexity index is 258. The fourth-order valence-corrected chi connectivity index (χ4v) is 0.991. The molecule has 1 N–H and O–H groups in total. The van der Waals surface area contributed by atoms with Gasteiger partial charge in [0.05, 0.1) is 6.10 Å². The normalized spacial score (nSPS) is 12.5. The number of hydrogen-bond acceptors (Lipinski definition) is 3. The number of aliphatic hydroxyl groups excluding tert-OH is 1. The predicted molar refractivity (Wildman–Crippen MR) is 49.6 cm³/mol. The summed E-state index contributed by atoms with van der Waals surface area (Å²) in [7, 11) is 1.57. The van der Waals surface area contributed by atoms with Crippen LogP contribution in [-0.4, -0.2) is 19.0 Å². The maximum atomic E-state index is 9.29. The zero-order valence-corrected chi connectivity index (χ0v) is 7.86. The van der Waals surface area contributed by atoms with Gasteiger partial charge in [-0.1, -0.05) is 12.1 Å². The minimum atomic E-state index is -0.467. The largest absolute Gasteiger partial charge is 0.468 e. The summed E-state index contributed by atoms with van der Waals surface area (Å²) in [6, 6.07) is 7.31. The van der Waals surface area contributed by atoms with Gasteiger partial charge >= 0.3 is 0 Å². The van der Waals surface area contributed by atoms with E-state index in [9.17, 15) is 5.11 Å². The Labute approximate surface area is 77.9 Å². The first-order valence-corrected chi connectivity index (χ1v) is 4.14. The van der Waals surface area contributed by atoms with Gasteiger partial charge in [-0.25, -0.2) is 0 Å². The number of aliphatic hydroxyl groups is 1. The first-order valence-electron chi connectivity index (χ1n) is 4.14. The van der Waals surface area contributed by atoms with Gasteiger partial charge in [-0.15, -0.1) is 0 Å². The third kappa shape index (κ3) is 3.05. The van der Waals surface area contributed by atoms with Gasteiger partial charge in [-0.05, 0) is 24.6 Å². The Hall–Kier alpha value is -1.06. The maximum absolute atomic E-state index is 9.29. The number of rotatable bonds is 4. The molecule has 0 aliphatic heterocycles. The maximum Gasteiger partial charge on any atom is 0.188 e. The zero-order chi connectivity index (χ0) is 9.68. The second-order valence-corrected chi connectivity index (χ2v) is 2.80. The molecular formula is C10H14O3. The lowest BCUT2D eigenvalue weighted by molar-refractivity contribution is 0.0509. The number of hydrogen-bond donors (Lipinski definition) is 1. The minimum absolute atomic E-state index is 0.225. The average Bonchev–Trinajstić information content (AvgIpc) is 2.15. The van der Waals surface area contributed by atoms with E-state index in [4.69, 9.17) is 9.47 Å². The predicted octanol–water partition coefficient (Wildman–Crippen LogP) is 1.72. The molecule has 3 heteroatoms. The van der Waals surface area contributed by atoms with Crippen molar-refractivity contribution in [2.75, 3.05) is 13.9 Å².